The van der Waals surface area contributed by atoms with Gasteiger partial charge in [0.05, 0.1) is 7.11 Å². The Kier molecular flexibility index (Phi) is 6.07. The fourth-order valence-electron chi connectivity index (χ4n) is 2.27. The summed E-state index contributed by atoms with van der Waals surface area (Å²) in [6.07, 6.45) is 1.46. The average molecular weight is 372 g/mol. The molecule has 0 aliphatic rings. The molecule has 0 bridgehead atoms. The molecule has 1 unspecified atom stereocenters. The highest BCUT2D eigenvalue weighted by Crippen LogP contribution is 2.22. The molecule has 0 saturated heterocycles. The van der Waals surface area contributed by atoms with Crippen LogP contribution < -0.4 is 4.74 Å². The molecule has 2 rings (SSSR count). The number of hydrogen-bond acceptors (Lipinski definition) is 1. The molecule has 1 nitrogen and oxygen atoms in total. The minimum atomic E-state index is -0.186. The molecule has 0 aliphatic carbocycles. The van der Waals surface area contributed by atoms with Crippen molar-refractivity contribution in [2.75, 3.05) is 13.0 Å². The second-order valence-electron chi connectivity index (χ2n) is 5.01. The number of ether oxygens (including phenoxy) is 1. The van der Waals surface area contributed by atoms with Crippen LogP contribution in [0.3, 0.4) is 0 Å². The first-order valence-electron chi connectivity index (χ1n) is 6.75. The highest BCUT2D eigenvalue weighted by Gasteiger charge is 2.13. The van der Waals surface area contributed by atoms with Gasteiger partial charge in [0.15, 0.2) is 0 Å². The number of methoxy groups -OCH3 is 1. The third-order valence-corrected chi connectivity index (χ3v) is 4.36. The quantitative estimate of drug-likeness (QED) is 0.631. The van der Waals surface area contributed by atoms with Crippen molar-refractivity contribution in [3.8, 4) is 5.75 Å². The maximum absolute atomic E-state index is 13.9. The molecule has 0 aromatic heterocycles. The zero-order valence-corrected chi connectivity index (χ0v) is 14.1. The molecule has 112 valence electrons. The molecule has 2 aromatic rings. The zero-order valence-electron chi connectivity index (χ0n) is 11.8. The van der Waals surface area contributed by atoms with Gasteiger partial charge in [0.25, 0.3) is 0 Å². The standard InChI is InChI=1S/C17H17BrClFO/c1-21-16-6-2-12(3-7-16)8-13(11-19)9-14-4-5-15(18)10-17(14)20/h2-7,10,13H,8-9,11H2,1H3. The normalized spacial score (nSPS) is 12.2. The van der Waals surface area contributed by atoms with Crippen molar-refractivity contribution in [3.05, 3.63) is 63.9 Å². The summed E-state index contributed by atoms with van der Waals surface area (Å²) in [5, 5.41) is 0. The predicted molar refractivity (Wildman–Crippen MR) is 88.7 cm³/mol. The number of hydrogen-bond donors (Lipinski definition) is 0. The van der Waals surface area contributed by atoms with Crippen LogP contribution in [0.1, 0.15) is 11.1 Å². The van der Waals surface area contributed by atoms with Gasteiger partial charge in [-0.25, -0.2) is 4.39 Å². The number of rotatable bonds is 6. The van der Waals surface area contributed by atoms with Crippen LogP contribution in [0.2, 0.25) is 0 Å². The Morgan fingerprint density at radius 1 is 1.14 bits per heavy atom. The van der Waals surface area contributed by atoms with Crippen molar-refractivity contribution >= 4 is 27.5 Å². The molecule has 0 radical (unpaired) electrons. The topological polar surface area (TPSA) is 9.23 Å². The second-order valence-corrected chi connectivity index (χ2v) is 6.24. The Labute approximate surface area is 138 Å². The molecular weight excluding hydrogens is 355 g/mol. The lowest BCUT2D eigenvalue weighted by atomic mass is 9.94. The van der Waals surface area contributed by atoms with E-state index in [0.717, 1.165) is 16.6 Å². The lowest BCUT2D eigenvalue weighted by Gasteiger charge is -2.15. The van der Waals surface area contributed by atoms with E-state index in [9.17, 15) is 4.39 Å². The maximum atomic E-state index is 13.9. The van der Waals surface area contributed by atoms with Crippen LogP contribution in [0.5, 0.6) is 5.75 Å². The number of halogens is 3. The van der Waals surface area contributed by atoms with E-state index in [0.29, 0.717) is 17.9 Å². The van der Waals surface area contributed by atoms with Gasteiger partial charge in [-0.2, -0.15) is 0 Å². The van der Waals surface area contributed by atoms with Crippen molar-refractivity contribution in [3.63, 3.8) is 0 Å². The maximum Gasteiger partial charge on any atom is 0.127 e. The molecule has 0 aliphatic heterocycles. The van der Waals surface area contributed by atoms with E-state index < -0.39 is 0 Å². The SMILES string of the molecule is COc1ccc(CC(CCl)Cc2ccc(Br)cc2F)cc1. The molecule has 1 atom stereocenters. The van der Waals surface area contributed by atoms with Crippen LogP contribution in [0.25, 0.3) is 0 Å². The molecule has 0 amide bonds. The van der Waals surface area contributed by atoms with E-state index in [1.165, 1.54) is 11.6 Å². The van der Waals surface area contributed by atoms with E-state index in [2.05, 4.69) is 15.9 Å². The van der Waals surface area contributed by atoms with E-state index in [4.69, 9.17) is 16.3 Å². The van der Waals surface area contributed by atoms with Crippen molar-refractivity contribution in [2.24, 2.45) is 5.92 Å². The van der Waals surface area contributed by atoms with Crippen molar-refractivity contribution < 1.29 is 9.13 Å². The third-order valence-electron chi connectivity index (χ3n) is 3.43. The van der Waals surface area contributed by atoms with Gasteiger partial charge in [-0.15, -0.1) is 11.6 Å². The van der Waals surface area contributed by atoms with Gasteiger partial charge >= 0.3 is 0 Å². The summed E-state index contributed by atoms with van der Waals surface area (Å²) >= 11 is 9.32. The zero-order chi connectivity index (χ0) is 15.2. The van der Waals surface area contributed by atoms with Crippen LogP contribution in [0.4, 0.5) is 4.39 Å². The fourth-order valence-corrected chi connectivity index (χ4v) is 2.83. The van der Waals surface area contributed by atoms with Crippen LogP contribution >= 0.6 is 27.5 Å². The lowest BCUT2D eigenvalue weighted by molar-refractivity contribution is 0.414. The molecule has 0 saturated carbocycles. The summed E-state index contributed by atoms with van der Waals surface area (Å²) < 4.78 is 19.8. The van der Waals surface area contributed by atoms with Crippen molar-refractivity contribution in [1.82, 2.24) is 0 Å². The summed E-state index contributed by atoms with van der Waals surface area (Å²) in [4.78, 5) is 0. The Balaban J connectivity index is 2.05. The van der Waals surface area contributed by atoms with E-state index in [1.54, 1.807) is 7.11 Å². The van der Waals surface area contributed by atoms with Gasteiger partial charge in [-0.1, -0.05) is 34.1 Å². The van der Waals surface area contributed by atoms with Gasteiger partial charge < -0.3 is 4.74 Å². The molecular formula is C17H17BrClFO. The summed E-state index contributed by atoms with van der Waals surface area (Å²) in [6, 6.07) is 13.1. The first-order chi connectivity index (χ1) is 10.1. The van der Waals surface area contributed by atoms with Crippen LogP contribution in [-0.2, 0) is 12.8 Å². The first kappa shape index (κ1) is 16.3. The summed E-state index contributed by atoms with van der Waals surface area (Å²) in [5.74, 6) is 1.35. The Bertz CT molecular complexity index is 586. The monoisotopic (exact) mass is 370 g/mol. The molecule has 0 spiro atoms. The van der Waals surface area contributed by atoms with Crippen LogP contribution in [-0.4, -0.2) is 13.0 Å². The second kappa shape index (κ2) is 7.81. The molecule has 0 N–H and O–H groups in total. The van der Waals surface area contributed by atoms with E-state index >= 15 is 0 Å². The van der Waals surface area contributed by atoms with Gasteiger partial charge in [0.1, 0.15) is 11.6 Å². The Hall–Kier alpha value is -1.06. The van der Waals surface area contributed by atoms with E-state index in [-0.39, 0.29) is 11.7 Å². The smallest absolute Gasteiger partial charge is 0.127 e. The minimum Gasteiger partial charge on any atom is -0.497 e. The molecule has 4 heteroatoms. The third kappa shape index (κ3) is 4.72. The molecule has 2 aromatic carbocycles. The van der Waals surface area contributed by atoms with E-state index in [1.807, 2.05) is 36.4 Å². The predicted octanol–water partition coefficient (Wildman–Crippen LogP) is 5.24. The lowest BCUT2D eigenvalue weighted by Crippen LogP contribution is -2.11. The molecule has 21 heavy (non-hydrogen) atoms. The Morgan fingerprint density at radius 2 is 1.86 bits per heavy atom. The van der Waals surface area contributed by atoms with Crippen LogP contribution in [0.15, 0.2) is 46.9 Å². The first-order valence-corrected chi connectivity index (χ1v) is 8.08. The number of benzene rings is 2. The summed E-state index contributed by atoms with van der Waals surface area (Å²) in [7, 11) is 1.65. The van der Waals surface area contributed by atoms with Gasteiger partial charge in [0.2, 0.25) is 0 Å². The Morgan fingerprint density at radius 3 is 2.43 bits per heavy atom. The summed E-state index contributed by atoms with van der Waals surface area (Å²) in [6.45, 7) is 0. The highest BCUT2D eigenvalue weighted by molar-refractivity contribution is 9.10. The largest absolute Gasteiger partial charge is 0.497 e. The fraction of sp³-hybridized carbons (Fsp3) is 0.294. The molecule has 0 fully saturated rings. The molecule has 0 heterocycles. The minimum absolute atomic E-state index is 0.186. The highest BCUT2D eigenvalue weighted by atomic mass is 79.9. The van der Waals surface area contributed by atoms with Gasteiger partial charge in [-0.05, 0) is 54.2 Å². The van der Waals surface area contributed by atoms with Gasteiger partial charge in [0, 0.05) is 10.4 Å². The van der Waals surface area contributed by atoms with Crippen LogP contribution in [0, 0.1) is 11.7 Å². The average Bonchev–Trinajstić information content (AvgIpc) is 2.49. The van der Waals surface area contributed by atoms with Gasteiger partial charge in [-0.3, -0.25) is 0 Å². The van der Waals surface area contributed by atoms with Crippen molar-refractivity contribution in [2.45, 2.75) is 12.8 Å². The van der Waals surface area contributed by atoms with Crippen molar-refractivity contribution in [1.29, 1.82) is 0 Å². The number of alkyl halides is 1. The summed E-state index contributed by atoms with van der Waals surface area (Å²) in [5.41, 5.74) is 1.89.